The Hall–Kier alpha value is -4.42. The van der Waals surface area contributed by atoms with Crippen LogP contribution < -0.4 is 10.6 Å². The number of aromatic nitrogens is 1. The summed E-state index contributed by atoms with van der Waals surface area (Å²) in [5.41, 5.74) is 4.45. The van der Waals surface area contributed by atoms with Crippen molar-refractivity contribution in [3.63, 3.8) is 0 Å². The SMILES string of the molecule is CC1=C(C(=O)Nc2ccccn2)[C@H](c2ccc(-c3cccc(Cl)c3)o2)C2=C(C[C@H](c3ccccc3)CC2=O)N1. The summed E-state index contributed by atoms with van der Waals surface area (Å²) in [5, 5.41) is 6.90. The van der Waals surface area contributed by atoms with E-state index in [1.807, 2.05) is 55.5 Å². The van der Waals surface area contributed by atoms with Gasteiger partial charge in [0, 0.05) is 40.2 Å². The maximum Gasteiger partial charge on any atom is 0.255 e. The zero-order valence-electron chi connectivity index (χ0n) is 21.3. The Kier molecular flexibility index (Phi) is 6.63. The predicted molar refractivity (Wildman–Crippen MR) is 151 cm³/mol. The van der Waals surface area contributed by atoms with Crippen molar-refractivity contribution in [1.82, 2.24) is 10.3 Å². The molecule has 6 rings (SSSR count). The number of pyridine rings is 1. The standard InChI is InChI=1S/C32H26ClN3O3/c1-19-29(32(38)36-28-12-5-6-15-34-28)31(27-14-13-26(39-27)21-10-7-11-23(33)16-21)30-24(35-19)17-22(18-25(30)37)20-8-3-2-4-9-20/h2-16,22,31,35H,17-18H2,1H3,(H,34,36,38)/t22-,31-/m0/s1. The monoisotopic (exact) mass is 535 g/mol. The van der Waals surface area contributed by atoms with Crippen molar-refractivity contribution in [1.29, 1.82) is 0 Å². The normalized spacial score (nSPS) is 19.0. The number of halogens is 1. The topological polar surface area (TPSA) is 84.2 Å². The lowest BCUT2D eigenvalue weighted by Gasteiger charge is -2.36. The quantitative estimate of drug-likeness (QED) is 0.287. The highest BCUT2D eigenvalue weighted by Gasteiger charge is 2.42. The molecule has 1 aliphatic carbocycles. The molecule has 7 heteroatoms. The van der Waals surface area contributed by atoms with E-state index in [9.17, 15) is 9.59 Å². The number of allylic oxidation sites excluding steroid dienone is 3. The van der Waals surface area contributed by atoms with Crippen LogP contribution in [0.4, 0.5) is 5.82 Å². The molecule has 39 heavy (non-hydrogen) atoms. The molecule has 2 atom stereocenters. The molecule has 0 bridgehead atoms. The molecule has 0 radical (unpaired) electrons. The molecule has 2 aliphatic rings. The second-order valence-corrected chi connectivity index (χ2v) is 10.2. The highest BCUT2D eigenvalue weighted by Crippen LogP contribution is 2.46. The fourth-order valence-corrected chi connectivity index (χ4v) is 5.70. The van der Waals surface area contributed by atoms with Gasteiger partial charge in [-0.2, -0.15) is 0 Å². The summed E-state index contributed by atoms with van der Waals surface area (Å²) in [6.07, 6.45) is 2.64. The number of dihydropyridines is 1. The van der Waals surface area contributed by atoms with Crippen LogP contribution in [-0.2, 0) is 9.59 Å². The van der Waals surface area contributed by atoms with Gasteiger partial charge in [0.25, 0.3) is 5.91 Å². The Balaban J connectivity index is 1.43. The third-order valence-electron chi connectivity index (χ3n) is 7.27. The van der Waals surface area contributed by atoms with E-state index >= 15 is 0 Å². The number of hydrogen-bond acceptors (Lipinski definition) is 5. The molecule has 1 amide bonds. The first-order valence-electron chi connectivity index (χ1n) is 12.8. The smallest absolute Gasteiger partial charge is 0.255 e. The van der Waals surface area contributed by atoms with Crippen LogP contribution in [0.3, 0.4) is 0 Å². The van der Waals surface area contributed by atoms with Crippen LogP contribution in [0.25, 0.3) is 11.3 Å². The molecule has 0 unspecified atom stereocenters. The summed E-state index contributed by atoms with van der Waals surface area (Å²) in [6.45, 7) is 1.86. The third kappa shape index (κ3) is 4.91. The highest BCUT2D eigenvalue weighted by atomic mass is 35.5. The van der Waals surface area contributed by atoms with E-state index in [0.717, 1.165) is 16.8 Å². The Morgan fingerprint density at radius 2 is 1.82 bits per heavy atom. The van der Waals surface area contributed by atoms with E-state index in [0.29, 0.717) is 52.0 Å². The van der Waals surface area contributed by atoms with Crippen LogP contribution >= 0.6 is 11.6 Å². The molecule has 3 heterocycles. The number of nitrogens with one attached hydrogen (secondary N) is 2. The van der Waals surface area contributed by atoms with Crippen LogP contribution in [0.1, 0.15) is 42.9 Å². The molecule has 0 spiro atoms. The first-order valence-corrected chi connectivity index (χ1v) is 13.2. The van der Waals surface area contributed by atoms with Crippen molar-refractivity contribution >= 4 is 29.1 Å². The van der Waals surface area contributed by atoms with Crippen molar-refractivity contribution in [3.8, 4) is 11.3 Å². The molecule has 2 aromatic carbocycles. The van der Waals surface area contributed by atoms with Gasteiger partial charge in [0.1, 0.15) is 17.3 Å². The number of rotatable bonds is 5. The maximum absolute atomic E-state index is 13.8. The molecule has 0 fully saturated rings. The number of ketones is 1. The van der Waals surface area contributed by atoms with Crippen LogP contribution in [0, 0.1) is 0 Å². The summed E-state index contributed by atoms with van der Waals surface area (Å²) < 4.78 is 6.35. The summed E-state index contributed by atoms with van der Waals surface area (Å²) in [6, 6.07) is 26.5. The summed E-state index contributed by atoms with van der Waals surface area (Å²) in [4.78, 5) is 31.8. The molecular formula is C32H26ClN3O3. The maximum atomic E-state index is 13.8. The number of carbonyl (C=O) groups excluding carboxylic acids is 2. The Bertz CT molecular complexity index is 1620. The summed E-state index contributed by atoms with van der Waals surface area (Å²) >= 11 is 6.22. The first kappa shape index (κ1) is 24.9. The molecular weight excluding hydrogens is 510 g/mol. The van der Waals surface area contributed by atoms with Gasteiger partial charge in [-0.05, 0) is 61.2 Å². The van der Waals surface area contributed by atoms with Crippen LogP contribution in [0.5, 0.6) is 0 Å². The molecule has 2 N–H and O–H groups in total. The van der Waals surface area contributed by atoms with E-state index in [1.165, 1.54) is 0 Å². The predicted octanol–water partition coefficient (Wildman–Crippen LogP) is 7.00. The average molecular weight is 536 g/mol. The Morgan fingerprint density at radius 3 is 2.59 bits per heavy atom. The Morgan fingerprint density at radius 1 is 1.00 bits per heavy atom. The lowest BCUT2D eigenvalue weighted by Crippen LogP contribution is -2.37. The van der Waals surface area contributed by atoms with Crippen molar-refractivity contribution in [2.24, 2.45) is 0 Å². The zero-order valence-corrected chi connectivity index (χ0v) is 22.0. The van der Waals surface area contributed by atoms with Crippen LogP contribution in [0.2, 0.25) is 5.02 Å². The largest absolute Gasteiger partial charge is 0.460 e. The minimum Gasteiger partial charge on any atom is -0.460 e. The number of amides is 1. The second-order valence-electron chi connectivity index (χ2n) is 9.81. The minimum atomic E-state index is -0.665. The van der Waals surface area contributed by atoms with Crippen LogP contribution in [-0.4, -0.2) is 16.7 Å². The summed E-state index contributed by atoms with van der Waals surface area (Å²) in [7, 11) is 0. The third-order valence-corrected chi connectivity index (χ3v) is 7.51. The number of hydrogen-bond donors (Lipinski definition) is 2. The molecule has 4 aromatic rings. The van der Waals surface area contributed by atoms with Gasteiger partial charge in [-0.15, -0.1) is 0 Å². The number of Topliss-reactive ketones (excluding diaryl/α,β-unsaturated/α-hetero) is 1. The van der Waals surface area contributed by atoms with Gasteiger partial charge < -0.3 is 15.1 Å². The number of anilines is 1. The van der Waals surface area contributed by atoms with E-state index < -0.39 is 5.92 Å². The number of nitrogens with zero attached hydrogens (tertiary/aromatic N) is 1. The molecule has 1 aliphatic heterocycles. The average Bonchev–Trinajstić information content (AvgIpc) is 3.43. The van der Waals surface area contributed by atoms with E-state index in [4.69, 9.17) is 16.0 Å². The molecule has 0 saturated heterocycles. The van der Waals surface area contributed by atoms with Crippen molar-refractivity contribution < 1.29 is 14.0 Å². The second kappa shape index (κ2) is 10.4. The lowest BCUT2D eigenvalue weighted by atomic mass is 9.73. The van der Waals surface area contributed by atoms with E-state index in [1.54, 1.807) is 30.5 Å². The summed E-state index contributed by atoms with van der Waals surface area (Å²) in [5.74, 6) is 0.618. The number of furan rings is 1. The fraction of sp³-hybridized carbons (Fsp3) is 0.156. The molecule has 0 saturated carbocycles. The van der Waals surface area contributed by atoms with Gasteiger partial charge in [-0.3, -0.25) is 9.59 Å². The zero-order chi connectivity index (χ0) is 26.9. The van der Waals surface area contributed by atoms with E-state index in [2.05, 4.69) is 27.8 Å². The van der Waals surface area contributed by atoms with Gasteiger partial charge >= 0.3 is 0 Å². The fourth-order valence-electron chi connectivity index (χ4n) is 5.51. The number of carbonyl (C=O) groups is 2. The van der Waals surface area contributed by atoms with Crippen LogP contribution in [0.15, 0.2) is 118 Å². The van der Waals surface area contributed by atoms with Crippen molar-refractivity contribution in [2.45, 2.75) is 31.6 Å². The van der Waals surface area contributed by atoms with Gasteiger partial charge in [0.15, 0.2) is 5.78 Å². The molecule has 2 aromatic heterocycles. The number of benzene rings is 2. The molecule has 6 nitrogen and oxygen atoms in total. The van der Waals surface area contributed by atoms with Gasteiger partial charge in [0.2, 0.25) is 0 Å². The van der Waals surface area contributed by atoms with Crippen molar-refractivity contribution in [3.05, 3.63) is 130 Å². The first-order chi connectivity index (χ1) is 19.0. The van der Waals surface area contributed by atoms with Gasteiger partial charge in [0.05, 0.1) is 11.5 Å². The van der Waals surface area contributed by atoms with Crippen molar-refractivity contribution in [2.75, 3.05) is 5.32 Å². The minimum absolute atomic E-state index is 0.000977. The molecule has 194 valence electrons. The van der Waals surface area contributed by atoms with Gasteiger partial charge in [-0.1, -0.05) is 60.1 Å². The Labute approximate surface area is 231 Å². The van der Waals surface area contributed by atoms with E-state index in [-0.39, 0.29) is 17.6 Å². The highest BCUT2D eigenvalue weighted by molar-refractivity contribution is 6.30. The van der Waals surface area contributed by atoms with Gasteiger partial charge in [-0.25, -0.2) is 4.98 Å². The lowest BCUT2D eigenvalue weighted by molar-refractivity contribution is -0.116.